The van der Waals surface area contributed by atoms with Gasteiger partial charge in [-0.25, -0.2) is 0 Å². The van der Waals surface area contributed by atoms with Crippen molar-refractivity contribution >= 4 is 34.1 Å². The Balaban J connectivity index is 1.90. The van der Waals surface area contributed by atoms with E-state index in [1.807, 2.05) is 36.4 Å². The van der Waals surface area contributed by atoms with Crippen molar-refractivity contribution in [1.82, 2.24) is 4.98 Å². The minimum absolute atomic E-state index is 0.0555. The minimum Gasteiger partial charge on any atom is -0.488 e. The van der Waals surface area contributed by atoms with E-state index in [1.54, 1.807) is 6.07 Å². The monoisotopic (exact) mass is 321 g/mol. The molecule has 0 saturated heterocycles. The summed E-state index contributed by atoms with van der Waals surface area (Å²) in [4.78, 5) is 3.10. The highest BCUT2D eigenvalue weighted by molar-refractivity contribution is 6.31. The van der Waals surface area contributed by atoms with Crippen LogP contribution >= 0.6 is 23.2 Å². The first-order valence-corrected chi connectivity index (χ1v) is 7.20. The highest BCUT2D eigenvalue weighted by Gasteiger charge is 2.09. The van der Waals surface area contributed by atoms with Crippen LogP contribution in [-0.4, -0.2) is 10.1 Å². The van der Waals surface area contributed by atoms with E-state index < -0.39 is 0 Å². The Kier molecular flexibility index (Phi) is 4.06. The van der Waals surface area contributed by atoms with Gasteiger partial charge in [0.25, 0.3) is 0 Å². The topological polar surface area (TPSA) is 45.2 Å². The van der Waals surface area contributed by atoms with Crippen LogP contribution in [0.3, 0.4) is 0 Å². The van der Waals surface area contributed by atoms with Gasteiger partial charge in [0.1, 0.15) is 12.4 Å². The second-order valence-corrected chi connectivity index (χ2v) is 5.61. The van der Waals surface area contributed by atoms with Crippen LogP contribution in [0.15, 0.2) is 42.5 Å². The molecular weight excluding hydrogens is 309 g/mol. The summed E-state index contributed by atoms with van der Waals surface area (Å²) in [6.07, 6.45) is 0. The zero-order chi connectivity index (χ0) is 14.8. The lowest BCUT2D eigenvalue weighted by atomic mass is 10.2. The maximum absolute atomic E-state index is 9.22. The summed E-state index contributed by atoms with van der Waals surface area (Å²) < 4.78 is 5.85. The normalized spacial score (nSPS) is 11.0. The molecule has 5 heteroatoms. The lowest BCUT2D eigenvalue weighted by Crippen LogP contribution is -1.95. The summed E-state index contributed by atoms with van der Waals surface area (Å²) in [6, 6.07) is 12.9. The molecule has 0 unspecified atom stereocenters. The van der Waals surface area contributed by atoms with Gasteiger partial charge >= 0.3 is 0 Å². The van der Waals surface area contributed by atoms with Crippen molar-refractivity contribution in [2.75, 3.05) is 0 Å². The molecule has 0 atom stereocenters. The first-order chi connectivity index (χ1) is 10.2. The van der Waals surface area contributed by atoms with Gasteiger partial charge in [0.2, 0.25) is 0 Å². The molecule has 0 radical (unpaired) electrons. The molecule has 0 bridgehead atoms. The van der Waals surface area contributed by atoms with E-state index in [1.165, 1.54) is 0 Å². The number of benzene rings is 2. The van der Waals surface area contributed by atoms with E-state index in [2.05, 4.69) is 4.98 Å². The summed E-state index contributed by atoms with van der Waals surface area (Å²) in [5, 5.41) is 11.4. The zero-order valence-electron chi connectivity index (χ0n) is 11.1. The van der Waals surface area contributed by atoms with Gasteiger partial charge in [-0.1, -0.05) is 35.3 Å². The molecule has 0 amide bonds. The Bertz CT molecular complexity index is 783. The number of hydrogen-bond acceptors (Lipinski definition) is 2. The number of aliphatic hydroxyl groups is 1. The minimum atomic E-state index is -0.0555. The first kappa shape index (κ1) is 14.3. The molecule has 3 aromatic rings. The van der Waals surface area contributed by atoms with Crippen LogP contribution in [0.4, 0.5) is 0 Å². The number of aliphatic hydroxyl groups excluding tert-OH is 1. The Morgan fingerprint density at radius 2 is 1.90 bits per heavy atom. The molecule has 0 aliphatic carbocycles. The molecule has 108 valence electrons. The summed E-state index contributed by atoms with van der Waals surface area (Å²) in [6.45, 7) is 0.343. The Hall–Kier alpha value is -1.68. The van der Waals surface area contributed by atoms with E-state index in [0.29, 0.717) is 22.4 Å². The third kappa shape index (κ3) is 3.16. The van der Waals surface area contributed by atoms with Crippen LogP contribution in [0.1, 0.15) is 11.3 Å². The van der Waals surface area contributed by atoms with Crippen molar-refractivity contribution in [2.24, 2.45) is 0 Å². The van der Waals surface area contributed by atoms with Gasteiger partial charge in [-0.15, -0.1) is 0 Å². The molecule has 0 aliphatic heterocycles. The average molecular weight is 322 g/mol. The predicted molar refractivity (Wildman–Crippen MR) is 85.0 cm³/mol. The highest BCUT2D eigenvalue weighted by atomic mass is 35.5. The number of halogens is 2. The number of fused-ring (bicyclic) bond motifs is 1. The van der Waals surface area contributed by atoms with Crippen molar-refractivity contribution in [3.63, 3.8) is 0 Å². The molecule has 2 N–H and O–H groups in total. The van der Waals surface area contributed by atoms with Crippen LogP contribution in [0.5, 0.6) is 5.75 Å². The zero-order valence-corrected chi connectivity index (χ0v) is 12.6. The summed E-state index contributed by atoms with van der Waals surface area (Å²) in [5.74, 6) is 0.674. The molecule has 0 fully saturated rings. The molecule has 3 rings (SSSR count). The number of rotatable bonds is 4. The first-order valence-electron chi connectivity index (χ1n) is 6.45. The van der Waals surface area contributed by atoms with Gasteiger partial charge in [0.05, 0.1) is 12.1 Å². The molecular formula is C16H13Cl2NO2. The van der Waals surface area contributed by atoms with E-state index >= 15 is 0 Å². The molecule has 0 saturated carbocycles. The number of H-pyrrole nitrogens is 1. The van der Waals surface area contributed by atoms with Crippen LogP contribution in [0, 0.1) is 0 Å². The maximum Gasteiger partial charge on any atom is 0.130 e. The van der Waals surface area contributed by atoms with Crippen LogP contribution in [-0.2, 0) is 13.2 Å². The molecule has 2 aromatic carbocycles. The Morgan fingerprint density at radius 3 is 2.67 bits per heavy atom. The van der Waals surface area contributed by atoms with Gasteiger partial charge in [-0.05, 0) is 35.9 Å². The van der Waals surface area contributed by atoms with E-state index in [-0.39, 0.29) is 6.61 Å². The SMILES string of the molecule is OCc1cc2c(OCc3cccc(Cl)c3)cc(Cl)cc2[nH]1. The molecule has 0 aliphatic rings. The largest absolute Gasteiger partial charge is 0.488 e. The van der Waals surface area contributed by atoms with E-state index in [9.17, 15) is 5.11 Å². The number of aromatic nitrogens is 1. The Morgan fingerprint density at radius 1 is 1.05 bits per heavy atom. The second kappa shape index (κ2) is 5.98. The summed E-state index contributed by atoms with van der Waals surface area (Å²) in [7, 11) is 0. The third-order valence-corrected chi connectivity index (χ3v) is 3.63. The number of nitrogens with one attached hydrogen (secondary N) is 1. The molecule has 1 heterocycles. The van der Waals surface area contributed by atoms with Crippen molar-refractivity contribution < 1.29 is 9.84 Å². The highest BCUT2D eigenvalue weighted by Crippen LogP contribution is 2.31. The third-order valence-electron chi connectivity index (χ3n) is 3.17. The fraction of sp³-hybridized carbons (Fsp3) is 0.125. The number of hydrogen-bond donors (Lipinski definition) is 2. The van der Waals surface area contributed by atoms with E-state index in [4.69, 9.17) is 27.9 Å². The summed E-state index contributed by atoms with van der Waals surface area (Å²) in [5.41, 5.74) is 2.54. The molecule has 1 aromatic heterocycles. The fourth-order valence-corrected chi connectivity index (χ4v) is 2.64. The molecule has 21 heavy (non-hydrogen) atoms. The van der Waals surface area contributed by atoms with Gasteiger partial charge in [0.15, 0.2) is 0 Å². The van der Waals surface area contributed by atoms with Crippen molar-refractivity contribution in [1.29, 1.82) is 0 Å². The number of aromatic amines is 1. The van der Waals surface area contributed by atoms with Crippen LogP contribution < -0.4 is 4.74 Å². The number of ether oxygens (including phenoxy) is 1. The van der Waals surface area contributed by atoms with Crippen molar-refractivity contribution in [3.8, 4) is 5.75 Å². The second-order valence-electron chi connectivity index (χ2n) is 4.74. The van der Waals surface area contributed by atoms with Gasteiger partial charge < -0.3 is 14.8 Å². The standard InChI is InChI=1S/C16H13Cl2NO2/c17-11-3-1-2-10(4-11)9-21-16-6-12(18)5-15-14(16)7-13(8-20)19-15/h1-7,19-20H,8-9H2. The molecule has 3 nitrogen and oxygen atoms in total. The average Bonchev–Trinajstić information content (AvgIpc) is 2.87. The van der Waals surface area contributed by atoms with E-state index in [0.717, 1.165) is 22.2 Å². The maximum atomic E-state index is 9.22. The summed E-state index contributed by atoms with van der Waals surface area (Å²) >= 11 is 12.1. The quantitative estimate of drug-likeness (QED) is 0.740. The van der Waals surface area contributed by atoms with Gasteiger partial charge in [0, 0.05) is 21.1 Å². The van der Waals surface area contributed by atoms with Crippen LogP contribution in [0.2, 0.25) is 10.0 Å². The fourth-order valence-electron chi connectivity index (χ4n) is 2.22. The van der Waals surface area contributed by atoms with Crippen molar-refractivity contribution in [3.05, 3.63) is 63.8 Å². The lowest BCUT2D eigenvalue weighted by molar-refractivity contribution is 0.278. The Labute approximate surface area is 132 Å². The molecule has 0 spiro atoms. The predicted octanol–water partition coefficient (Wildman–Crippen LogP) is 4.55. The van der Waals surface area contributed by atoms with Crippen LogP contribution in [0.25, 0.3) is 10.9 Å². The van der Waals surface area contributed by atoms with Gasteiger partial charge in [-0.2, -0.15) is 0 Å². The van der Waals surface area contributed by atoms with Crippen molar-refractivity contribution in [2.45, 2.75) is 13.2 Å². The van der Waals surface area contributed by atoms with Gasteiger partial charge in [-0.3, -0.25) is 0 Å². The smallest absolute Gasteiger partial charge is 0.130 e. The lowest BCUT2D eigenvalue weighted by Gasteiger charge is -2.08.